The molecule has 1 aliphatic rings. The van der Waals surface area contributed by atoms with Gasteiger partial charge in [0.25, 0.3) is 0 Å². The van der Waals surface area contributed by atoms with E-state index in [1.807, 2.05) is 19.4 Å². The summed E-state index contributed by atoms with van der Waals surface area (Å²) < 4.78 is 7.24. The lowest BCUT2D eigenvalue weighted by Crippen LogP contribution is -2.48. The van der Waals surface area contributed by atoms with E-state index in [0.29, 0.717) is 13.2 Å². The molecule has 100 valence electrons. The van der Waals surface area contributed by atoms with E-state index in [-0.39, 0.29) is 11.9 Å². The number of rotatable bonds is 4. The van der Waals surface area contributed by atoms with Crippen LogP contribution in [0.3, 0.4) is 0 Å². The third kappa shape index (κ3) is 3.21. The number of ether oxygens (including phenoxy) is 1. The number of aryl methyl sites for hydroxylation is 1. The normalized spacial score (nSPS) is 22.3. The van der Waals surface area contributed by atoms with Gasteiger partial charge in [-0.3, -0.25) is 9.58 Å². The van der Waals surface area contributed by atoms with Gasteiger partial charge < -0.3 is 15.7 Å². The molecule has 0 amide bonds. The number of oxime groups is 1. The first-order valence-electron chi connectivity index (χ1n) is 5.98. The number of hydrogen-bond acceptors (Lipinski definition) is 5. The van der Waals surface area contributed by atoms with Crippen LogP contribution in [0, 0.1) is 0 Å². The van der Waals surface area contributed by atoms with E-state index in [1.54, 1.807) is 4.68 Å². The molecule has 18 heavy (non-hydrogen) atoms. The van der Waals surface area contributed by atoms with Crippen molar-refractivity contribution in [2.75, 3.05) is 26.2 Å². The Labute approximate surface area is 106 Å². The van der Waals surface area contributed by atoms with Crippen LogP contribution in [0.25, 0.3) is 0 Å². The number of hydrogen-bond donors (Lipinski definition) is 2. The number of nitrogens with zero attached hydrogens (tertiary/aromatic N) is 4. The van der Waals surface area contributed by atoms with Gasteiger partial charge in [-0.1, -0.05) is 5.16 Å². The molecular weight excluding hydrogens is 234 g/mol. The van der Waals surface area contributed by atoms with Gasteiger partial charge in [-0.2, -0.15) is 5.10 Å². The van der Waals surface area contributed by atoms with Crippen molar-refractivity contribution in [3.63, 3.8) is 0 Å². The molecule has 7 nitrogen and oxygen atoms in total. The van der Waals surface area contributed by atoms with Crippen LogP contribution in [0.5, 0.6) is 0 Å². The Bertz CT molecular complexity index is 417. The second-order valence-corrected chi connectivity index (χ2v) is 4.46. The van der Waals surface area contributed by atoms with E-state index >= 15 is 0 Å². The maximum absolute atomic E-state index is 8.64. The molecule has 0 aromatic carbocycles. The Morgan fingerprint density at radius 2 is 2.56 bits per heavy atom. The first kappa shape index (κ1) is 12.8. The van der Waals surface area contributed by atoms with Crippen molar-refractivity contribution in [3.8, 4) is 0 Å². The van der Waals surface area contributed by atoms with Gasteiger partial charge >= 0.3 is 0 Å². The Kier molecular flexibility index (Phi) is 4.16. The minimum Gasteiger partial charge on any atom is -0.409 e. The van der Waals surface area contributed by atoms with Gasteiger partial charge in [0, 0.05) is 32.9 Å². The highest BCUT2D eigenvalue weighted by Gasteiger charge is 2.23. The number of nitrogens with two attached hydrogens (primary N) is 1. The summed E-state index contributed by atoms with van der Waals surface area (Å²) in [6, 6.07) is 0. The highest BCUT2D eigenvalue weighted by atomic mass is 16.5. The lowest BCUT2D eigenvalue weighted by atomic mass is 10.2. The van der Waals surface area contributed by atoms with Gasteiger partial charge in [-0.25, -0.2) is 0 Å². The average molecular weight is 253 g/mol. The molecule has 7 heteroatoms. The van der Waals surface area contributed by atoms with Crippen LogP contribution in [-0.4, -0.2) is 58.1 Å². The largest absolute Gasteiger partial charge is 0.409 e. The molecule has 1 saturated heterocycles. The maximum atomic E-state index is 8.64. The molecule has 1 aliphatic heterocycles. The molecule has 0 aliphatic carbocycles. The maximum Gasteiger partial charge on any atom is 0.169 e. The summed E-state index contributed by atoms with van der Waals surface area (Å²) in [4.78, 5) is 2.25. The molecule has 2 rings (SSSR count). The molecule has 3 N–H and O–H groups in total. The van der Waals surface area contributed by atoms with Gasteiger partial charge in [-0.15, -0.1) is 0 Å². The van der Waals surface area contributed by atoms with Crippen LogP contribution >= 0.6 is 0 Å². The standard InChI is InChI=1S/C11H19N5O2/c1-15-7-9(6-13-15)2-3-16-4-5-18-10(8-16)11(12)14-17/h6-7,10,17H,2-5,8H2,1H3,(H2,12,14). The van der Waals surface area contributed by atoms with E-state index in [2.05, 4.69) is 15.2 Å². The summed E-state index contributed by atoms with van der Waals surface area (Å²) in [5, 5.41) is 15.8. The van der Waals surface area contributed by atoms with Gasteiger partial charge in [0.2, 0.25) is 0 Å². The van der Waals surface area contributed by atoms with Gasteiger partial charge in [0.15, 0.2) is 5.84 Å². The smallest absolute Gasteiger partial charge is 0.169 e. The van der Waals surface area contributed by atoms with Crippen molar-refractivity contribution < 1.29 is 9.94 Å². The van der Waals surface area contributed by atoms with E-state index in [9.17, 15) is 0 Å². The van der Waals surface area contributed by atoms with Crippen molar-refractivity contribution >= 4 is 5.84 Å². The van der Waals surface area contributed by atoms with Gasteiger partial charge in [0.05, 0.1) is 12.8 Å². The molecule has 1 fully saturated rings. The monoisotopic (exact) mass is 253 g/mol. The molecule has 0 spiro atoms. The van der Waals surface area contributed by atoms with Crippen LogP contribution in [0.1, 0.15) is 5.56 Å². The zero-order chi connectivity index (χ0) is 13.0. The minimum absolute atomic E-state index is 0.140. The Balaban J connectivity index is 1.82. The van der Waals surface area contributed by atoms with Crippen LogP contribution in [0.4, 0.5) is 0 Å². The van der Waals surface area contributed by atoms with Crippen LogP contribution in [-0.2, 0) is 18.2 Å². The zero-order valence-electron chi connectivity index (χ0n) is 10.5. The molecule has 2 heterocycles. The summed E-state index contributed by atoms with van der Waals surface area (Å²) in [7, 11) is 1.91. The summed E-state index contributed by atoms with van der Waals surface area (Å²) in [5.74, 6) is 0.140. The first-order chi connectivity index (χ1) is 8.69. The fourth-order valence-electron chi connectivity index (χ4n) is 2.04. The molecule has 1 atom stereocenters. The number of aromatic nitrogens is 2. The van der Waals surface area contributed by atoms with E-state index < -0.39 is 0 Å². The van der Waals surface area contributed by atoms with Crippen molar-refractivity contribution in [1.29, 1.82) is 0 Å². The van der Waals surface area contributed by atoms with E-state index in [1.165, 1.54) is 5.56 Å². The molecule has 0 bridgehead atoms. The van der Waals surface area contributed by atoms with Gasteiger partial charge in [0.1, 0.15) is 6.10 Å². The second-order valence-electron chi connectivity index (χ2n) is 4.46. The minimum atomic E-state index is -0.308. The second kappa shape index (κ2) is 5.83. The molecular formula is C11H19N5O2. The lowest BCUT2D eigenvalue weighted by molar-refractivity contribution is 0.00518. The van der Waals surface area contributed by atoms with Crippen LogP contribution < -0.4 is 5.73 Å². The first-order valence-corrected chi connectivity index (χ1v) is 5.98. The topological polar surface area (TPSA) is 88.9 Å². The highest BCUT2D eigenvalue weighted by Crippen LogP contribution is 2.07. The van der Waals surface area contributed by atoms with Crippen LogP contribution in [0.2, 0.25) is 0 Å². The lowest BCUT2D eigenvalue weighted by Gasteiger charge is -2.31. The number of morpholine rings is 1. The fraction of sp³-hybridized carbons (Fsp3) is 0.636. The quantitative estimate of drug-likeness (QED) is 0.324. The summed E-state index contributed by atoms with van der Waals surface area (Å²) in [6.07, 6.45) is 4.53. The van der Waals surface area contributed by atoms with Crippen molar-refractivity contribution in [2.45, 2.75) is 12.5 Å². The van der Waals surface area contributed by atoms with E-state index in [4.69, 9.17) is 15.7 Å². The Morgan fingerprint density at radius 1 is 1.72 bits per heavy atom. The molecule has 0 radical (unpaired) electrons. The SMILES string of the molecule is Cn1cc(CCN2CCOC(/C(N)=N/O)C2)cn1. The highest BCUT2D eigenvalue weighted by molar-refractivity contribution is 5.84. The average Bonchev–Trinajstić information content (AvgIpc) is 2.81. The third-order valence-corrected chi connectivity index (χ3v) is 3.07. The predicted molar refractivity (Wildman–Crippen MR) is 66.5 cm³/mol. The summed E-state index contributed by atoms with van der Waals surface area (Å²) in [6.45, 7) is 3.06. The predicted octanol–water partition coefficient (Wildman–Crippen LogP) is -0.590. The van der Waals surface area contributed by atoms with Crippen molar-refractivity contribution in [3.05, 3.63) is 18.0 Å². The van der Waals surface area contributed by atoms with E-state index in [0.717, 1.165) is 19.5 Å². The van der Waals surface area contributed by atoms with Gasteiger partial charge in [-0.05, 0) is 12.0 Å². The molecule has 1 unspecified atom stereocenters. The molecule has 1 aromatic heterocycles. The third-order valence-electron chi connectivity index (χ3n) is 3.07. The zero-order valence-corrected chi connectivity index (χ0v) is 10.5. The Morgan fingerprint density at radius 3 is 3.22 bits per heavy atom. The van der Waals surface area contributed by atoms with Crippen molar-refractivity contribution in [1.82, 2.24) is 14.7 Å². The number of amidine groups is 1. The Hall–Kier alpha value is -1.60. The molecule has 1 aromatic rings. The summed E-state index contributed by atoms with van der Waals surface area (Å²) >= 11 is 0. The molecule has 0 saturated carbocycles. The fourth-order valence-corrected chi connectivity index (χ4v) is 2.04. The van der Waals surface area contributed by atoms with Crippen molar-refractivity contribution in [2.24, 2.45) is 17.9 Å². The van der Waals surface area contributed by atoms with Crippen LogP contribution in [0.15, 0.2) is 17.5 Å². The summed E-state index contributed by atoms with van der Waals surface area (Å²) in [5.41, 5.74) is 6.77.